The molecule has 0 saturated heterocycles. The fourth-order valence-corrected chi connectivity index (χ4v) is 15.8. The Hall–Kier alpha value is -6.68. The quantitative estimate of drug-likeness (QED) is 0.140. The zero-order valence-corrected chi connectivity index (χ0v) is 46.9. The van der Waals surface area contributed by atoms with Crippen molar-refractivity contribution < 1.29 is 0 Å². The molecular weight excluding hydrogens is 873 g/mol. The van der Waals surface area contributed by atoms with Gasteiger partial charge in [-0.15, -0.1) is 0 Å². The van der Waals surface area contributed by atoms with Gasteiger partial charge in [-0.1, -0.05) is 132 Å². The summed E-state index contributed by atoms with van der Waals surface area (Å²) in [7, 11) is -2.25. The Morgan fingerprint density at radius 1 is 0.282 bits per heavy atom. The smallest absolute Gasteiger partial charge is 0.113 e. The van der Waals surface area contributed by atoms with Gasteiger partial charge < -0.3 is 9.80 Å². The fraction of sp³-hybridized carbons (Fsp3) is 0.265. The van der Waals surface area contributed by atoms with Gasteiger partial charge in [0.15, 0.2) is 0 Å². The second-order valence-electron chi connectivity index (χ2n) is 22.1. The van der Waals surface area contributed by atoms with Crippen molar-refractivity contribution in [2.75, 3.05) is 9.80 Å². The molecule has 0 spiro atoms. The van der Waals surface area contributed by atoms with Gasteiger partial charge in [-0.05, 0) is 246 Å². The third-order valence-corrected chi connectivity index (χ3v) is 19.1. The maximum Gasteiger partial charge on any atom is 0.113 e. The van der Waals surface area contributed by atoms with Gasteiger partial charge in [0.1, 0.15) is 8.07 Å². The highest BCUT2D eigenvalue weighted by Gasteiger charge is 2.33. The molecule has 360 valence electrons. The third-order valence-electron chi connectivity index (χ3n) is 15.5. The summed E-state index contributed by atoms with van der Waals surface area (Å²) >= 11 is 0. The molecule has 2 nitrogen and oxygen atoms in total. The van der Waals surface area contributed by atoms with Crippen molar-refractivity contribution >= 4 is 64.7 Å². The van der Waals surface area contributed by atoms with Crippen molar-refractivity contribution in [3.05, 3.63) is 209 Å². The van der Waals surface area contributed by atoms with Crippen molar-refractivity contribution in [2.45, 2.75) is 124 Å². The lowest BCUT2D eigenvalue weighted by Crippen LogP contribution is -2.54. The van der Waals surface area contributed by atoms with Crippen LogP contribution in [0.15, 0.2) is 109 Å². The molecule has 0 amide bonds. The van der Waals surface area contributed by atoms with Crippen LogP contribution in [0.3, 0.4) is 0 Å². The van der Waals surface area contributed by atoms with E-state index >= 15 is 0 Å². The molecule has 3 heteroatoms. The minimum Gasteiger partial charge on any atom is -0.309 e. The molecule has 1 aliphatic rings. The Morgan fingerprint density at radius 3 is 0.817 bits per heavy atom. The van der Waals surface area contributed by atoms with Crippen LogP contribution < -0.4 is 20.2 Å². The fourth-order valence-electron chi connectivity index (χ4n) is 12.7. The predicted octanol–water partition coefficient (Wildman–Crippen LogP) is 18.2. The third kappa shape index (κ3) is 8.82. The van der Waals surface area contributed by atoms with Crippen LogP contribution in [0.2, 0.25) is 13.1 Å². The predicted molar refractivity (Wildman–Crippen MR) is 315 cm³/mol. The average molecular weight is 947 g/mol. The molecule has 8 aromatic rings. The first-order valence-corrected chi connectivity index (χ1v) is 28.7. The zero-order chi connectivity index (χ0) is 51.1. The second-order valence-corrected chi connectivity index (χ2v) is 26.5. The van der Waals surface area contributed by atoms with Gasteiger partial charge in [0.25, 0.3) is 0 Å². The van der Waals surface area contributed by atoms with Gasteiger partial charge in [0.2, 0.25) is 0 Å². The van der Waals surface area contributed by atoms with Gasteiger partial charge in [-0.3, -0.25) is 0 Å². The van der Waals surface area contributed by atoms with Crippen LogP contribution in [-0.2, 0) is 0 Å². The van der Waals surface area contributed by atoms with Crippen LogP contribution >= 0.6 is 0 Å². The Kier molecular flexibility index (Phi) is 12.8. The van der Waals surface area contributed by atoms with Crippen LogP contribution in [0.4, 0.5) is 34.1 Å². The normalized spacial score (nSPS) is 12.7. The molecule has 0 aromatic heterocycles. The highest BCUT2D eigenvalue weighted by molar-refractivity contribution is 7.01. The molecule has 0 radical (unpaired) electrons. The summed E-state index contributed by atoms with van der Waals surface area (Å²) in [6.07, 6.45) is 4.72. The summed E-state index contributed by atoms with van der Waals surface area (Å²) in [5.41, 5.74) is 35.9. The molecule has 0 N–H and O–H groups in total. The van der Waals surface area contributed by atoms with Crippen molar-refractivity contribution in [3.63, 3.8) is 0 Å². The van der Waals surface area contributed by atoms with Crippen molar-refractivity contribution in [1.82, 2.24) is 0 Å². The molecule has 0 atom stereocenters. The molecule has 8 aromatic carbocycles. The van der Waals surface area contributed by atoms with Gasteiger partial charge in [-0.25, -0.2) is 0 Å². The number of nitrogens with zero attached hydrogens (tertiary/aromatic N) is 2. The number of rotatable bonds is 8. The number of fused-ring (bicyclic) bond motifs is 2. The van der Waals surface area contributed by atoms with Gasteiger partial charge >= 0.3 is 0 Å². The van der Waals surface area contributed by atoms with E-state index in [0.717, 1.165) is 0 Å². The van der Waals surface area contributed by atoms with E-state index in [1.807, 2.05) is 0 Å². The largest absolute Gasteiger partial charge is 0.309 e. The standard InChI is InChI=1S/C68H74N2Si/c1-39-25-47(9)65(48(10)26-39)69(66-49(11)27-40(2)28-50(66)12)61-35-43(5)59(33-45(61)7)57-23-21-55-19-20-56-22-24-58(38-64(56)71(17,18)63(55)37-57)60-34-46(8)62(36-44(60)6)70(67-51(13)29-41(3)30-52(67)14)68-53(15)31-42(4)32-54(68)16/h19-38H,1-18H3. The summed E-state index contributed by atoms with van der Waals surface area (Å²) in [6.45, 7) is 41.3. The molecule has 9 rings (SSSR count). The highest BCUT2D eigenvalue weighted by atomic mass is 28.3. The first-order chi connectivity index (χ1) is 33.5. The van der Waals surface area contributed by atoms with Gasteiger partial charge in [0, 0.05) is 11.4 Å². The van der Waals surface area contributed by atoms with E-state index < -0.39 is 8.07 Å². The zero-order valence-electron chi connectivity index (χ0n) is 45.9. The maximum absolute atomic E-state index is 2.56. The Balaban J connectivity index is 1.12. The lowest BCUT2D eigenvalue weighted by atomic mass is 9.93. The minimum absolute atomic E-state index is 1.23. The summed E-state index contributed by atoms with van der Waals surface area (Å²) in [4.78, 5) is 5.11. The summed E-state index contributed by atoms with van der Waals surface area (Å²) < 4.78 is 0. The van der Waals surface area contributed by atoms with E-state index in [1.54, 1.807) is 0 Å². The van der Waals surface area contributed by atoms with Crippen molar-refractivity contribution in [1.29, 1.82) is 0 Å². The SMILES string of the molecule is Cc1cc(C)c(N(c2cc(C)c(-c3ccc4c(c3)[Si](C)(C)c3cc(-c5cc(C)c(N(c6c(C)cc(C)cc6C)c6c(C)cc(C)cc6C)cc5C)ccc3C=C4)cc2C)c2c(C)cc(C)cc2C)c(C)c1. The second kappa shape index (κ2) is 18.5. The topological polar surface area (TPSA) is 6.48 Å². The number of hydrogen-bond acceptors (Lipinski definition) is 2. The van der Waals surface area contributed by atoms with Crippen molar-refractivity contribution in [2.24, 2.45) is 0 Å². The molecule has 71 heavy (non-hydrogen) atoms. The maximum atomic E-state index is 2.56. The number of hydrogen-bond donors (Lipinski definition) is 0. The van der Waals surface area contributed by atoms with E-state index in [-0.39, 0.29) is 0 Å². The van der Waals surface area contributed by atoms with E-state index in [2.05, 4.69) is 255 Å². The highest BCUT2D eigenvalue weighted by Crippen LogP contribution is 2.47. The van der Waals surface area contributed by atoms with Crippen LogP contribution in [-0.4, -0.2) is 8.07 Å². The van der Waals surface area contributed by atoms with E-state index in [1.165, 1.54) is 167 Å². The number of aryl methyl sites for hydroxylation is 16. The number of benzene rings is 8. The Bertz CT molecular complexity index is 3090. The van der Waals surface area contributed by atoms with Crippen LogP contribution in [0.1, 0.15) is 100 Å². The monoisotopic (exact) mass is 947 g/mol. The van der Waals surface area contributed by atoms with Gasteiger partial charge in [0.05, 0.1) is 22.7 Å². The summed E-state index contributed by atoms with van der Waals surface area (Å²) in [5.74, 6) is 0. The molecule has 0 bridgehead atoms. The van der Waals surface area contributed by atoms with Crippen LogP contribution in [0.25, 0.3) is 34.4 Å². The van der Waals surface area contributed by atoms with E-state index in [9.17, 15) is 0 Å². The van der Waals surface area contributed by atoms with Crippen LogP contribution in [0.5, 0.6) is 0 Å². The van der Waals surface area contributed by atoms with Crippen molar-refractivity contribution in [3.8, 4) is 22.3 Å². The molecule has 0 fully saturated rings. The van der Waals surface area contributed by atoms with Gasteiger partial charge in [-0.2, -0.15) is 0 Å². The molecule has 0 unspecified atom stereocenters. The molecule has 1 aliphatic heterocycles. The van der Waals surface area contributed by atoms with E-state index in [4.69, 9.17) is 0 Å². The molecule has 0 saturated carbocycles. The Morgan fingerprint density at radius 2 is 0.549 bits per heavy atom. The minimum atomic E-state index is -2.25. The lowest BCUT2D eigenvalue weighted by molar-refractivity contribution is 1.15. The molecular formula is C68H74N2Si. The molecule has 0 aliphatic carbocycles. The van der Waals surface area contributed by atoms with E-state index in [0.29, 0.717) is 0 Å². The summed E-state index contributed by atoms with van der Waals surface area (Å²) in [5, 5.41) is 2.96. The molecule has 1 heterocycles. The summed E-state index contributed by atoms with van der Waals surface area (Å²) in [6, 6.07) is 43.0. The number of anilines is 6. The first kappa shape index (κ1) is 49.3. The average Bonchev–Trinajstić information content (AvgIpc) is 3.38. The lowest BCUT2D eigenvalue weighted by Gasteiger charge is -2.33. The Labute approximate surface area is 427 Å². The van der Waals surface area contributed by atoms with Crippen LogP contribution in [0, 0.1) is 111 Å². The first-order valence-electron chi connectivity index (χ1n) is 25.7.